The normalized spacial score (nSPS) is 10.1. The molecule has 2 rings (SSSR count). The summed E-state index contributed by atoms with van der Waals surface area (Å²) in [7, 11) is 1.86. The molecule has 1 aromatic heterocycles. The number of nitrogens with zero attached hydrogens (tertiary/aromatic N) is 3. The van der Waals surface area contributed by atoms with Gasteiger partial charge in [-0.2, -0.15) is 10.4 Å². The lowest BCUT2D eigenvalue weighted by molar-refractivity contribution is 0.769. The zero-order chi connectivity index (χ0) is 11.5. The van der Waals surface area contributed by atoms with Crippen LogP contribution in [-0.2, 0) is 13.6 Å². The third-order valence-electron chi connectivity index (χ3n) is 2.39. The number of nitrogens with two attached hydrogens (primary N) is 1. The van der Waals surface area contributed by atoms with Crippen molar-refractivity contribution in [2.24, 2.45) is 12.8 Å². The van der Waals surface area contributed by atoms with Crippen molar-refractivity contribution in [2.75, 3.05) is 0 Å². The van der Waals surface area contributed by atoms with Gasteiger partial charge in [0.25, 0.3) is 0 Å². The Hall–Kier alpha value is -2.12. The molecule has 2 aromatic rings. The SMILES string of the molecule is Cn1cc(CN)c(-c2cccc(C#N)c2)n1. The summed E-state index contributed by atoms with van der Waals surface area (Å²) in [5.74, 6) is 0. The quantitative estimate of drug-likeness (QED) is 0.818. The van der Waals surface area contributed by atoms with Crippen molar-refractivity contribution in [1.29, 1.82) is 5.26 Å². The first-order chi connectivity index (χ1) is 7.74. The Morgan fingerprint density at radius 3 is 3.00 bits per heavy atom. The molecule has 0 aliphatic carbocycles. The van der Waals surface area contributed by atoms with Gasteiger partial charge in [0.2, 0.25) is 0 Å². The summed E-state index contributed by atoms with van der Waals surface area (Å²) >= 11 is 0. The van der Waals surface area contributed by atoms with E-state index in [-0.39, 0.29) is 0 Å². The number of rotatable bonds is 2. The molecule has 0 saturated carbocycles. The van der Waals surface area contributed by atoms with Gasteiger partial charge in [-0.1, -0.05) is 12.1 Å². The molecular weight excluding hydrogens is 200 g/mol. The van der Waals surface area contributed by atoms with E-state index in [1.165, 1.54) is 0 Å². The van der Waals surface area contributed by atoms with Crippen LogP contribution in [0.3, 0.4) is 0 Å². The molecule has 0 unspecified atom stereocenters. The third kappa shape index (κ3) is 1.81. The molecule has 1 aromatic carbocycles. The van der Waals surface area contributed by atoms with Crippen LogP contribution in [0.5, 0.6) is 0 Å². The van der Waals surface area contributed by atoms with Gasteiger partial charge in [-0.05, 0) is 12.1 Å². The summed E-state index contributed by atoms with van der Waals surface area (Å²) < 4.78 is 1.73. The molecule has 0 fully saturated rings. The predicted octanol–water partition coefficient (Wildman–Crippen LogP) is 1.42. The molecular formula is C12H12N4. The Morgan fingerprint density at radius 2 is 2.31 bits per heavy atom. The molecule has 0 saturated heterocycles. The van der Waals surface area contributed by atoms with Gasteiger partial charge in [0, 0.05) is 30.9 Å². The molecule has 0 atom stereocenters. The summed E-state index contributed by atoms with van der Waals surface area (Å²) in [5.41, 5.74) is 9.05. The topological polar surface area (TPSA) is 67.6 Å². The van der Waals surface area contributed by atoms with Gasteiger partial charge < -0.3 is 5.73 Å². The number of aromatic nitrogens is 2. The fourth-order valence-corrected chi connectivity index (χ4v) is 1.67. The van der Waals surface area contributed by atoms with Gasteiger partial charge in [-0.15, -0.1) is 0 Å². The standard InChI is InChI=1S/C12H12N4/c1-16-8-11(7-14)12(15-16)10-4-2-3-9(5-10)6-13/h2-5,8H,7,14H2,1H3. The molecule has 0 bridgehead atoms. The molecule has 16 heavy (non-hydrogen) atoms. The number of aryl methyl sites for hydroxylation is 1. The largest absolute Gasteiger partial charge is 0.326 e. The van der Waals surface area contributed by atoms with E-state index in [0.717, 1.165) is 16.8 Å². The van der Waals surface area contributed by atoms with Crippen molar-refractivity contribution in [3.8, 4) is 17.3 Å². The van der Waals surface area contributed by atoms with Crippen LogP contribution in [-0.4, -0.2) is 9.78 Å². The van der Waals surface area contributed by atoms with Crippen molar-refractivity contribution in [3.63, 3.8) is 0 Å². The van der Waals surface area contributed by atoms with Crippen LogP contribution in [0.15, 0.2) is 30.5 Å². The fourth-order valence-electron chi connectivity index (χ4n) is 1.67. The predicted molar refractivity (Wildman–Crippen MR) is 61.3 cm³/mol. The number of hydrogen-bond acceptors (Lipinski definition) is 3. The highest BCUT2D eigenvalue weighted by molar-refractivity contribution is 5.64. The van der Waals surface area contributed by atoms with Crippen molar-refractivity contribution in [2.45, 2.75) is 6.54 Å². The second-order valence-electron chi connectivity index (χ2n) is 3.57. The average Bonchev–Trinajstić information content (AvgIpc) is 2.70. The van der Waals surface area contributed by atoms with Gasteiger partial charge >= 0.3 is 0 Å². The van der Waals surface area contributed by atoms with E-state index in [4.69, 9.17) is 11.0 Å². The Kier molecular flexibility index (Phi) is 2.71. The highest BCUT2D eigenvalue weighted by Crippen LogP contribution is 2.22. The summed E-state index contributed by atoms with van der Waals surface area (Å²) in [6, 6.07) is 9.49. The number of nitriles is 1. The van der Waals surface area contributed by atoms with Crippen molar-refractivity contribution in [1.82, 2.24) is 9.78 Å². The van der Waals surface area contributed by atoms with E-state index in [1.807, 2.05) is 31.4 Å². The lowest BCUT2D eigenvalue weighted by Crippen LogP contribution is -1.96. The van der Waals surface area contributed by atoms with Gasteiger partial charge in [0.1, 0.15) is 0 Å². The first-order valence-corrected chi connectivity index (χ1v) is 4.97. The Labute approximate surface area is 93.9 Å². The van der Waals surface area contributed by atoms with E-state index < -0.39 is 0 Å². The van der Waals surface area contributed by atoms with E-state index >= 15 is 0 Å². The first kappa shape index (κ1) is 10.4. The van der Waals surface area contributed by atoms with Gasteiger partial charge in [-0.3, -0.25) is 4.68 Å². The van der Waals surface area contributed by atoms with Crippen LogP contribution in [0.4, 0.5) is 0 Å². The Balaban J connectivity index is 2.54. The molecule has 1 heterocycles. The highest BCUT2D eigenvalue weighted by Gasteiger charge is 2.08. The lowest BCUT2D eigenvalue weighted by Gasteiger charge is -2.00. The molecule has 0 aliphatic heterocycles. The molecule has 4 heteroatoms. The second-order valence-corrected chi connectivity index (χ2v) is 3.57. The minimum atomic E-state index is 0.444. The Bertz CT molecular complexity index is 548. The van der Waals surface area contributed by atoms with Crippen LogP contribution in [0.1, 0.15) is 11.1 Å². The van der Waals surface area contributed by atoms with Crippen molar-refractivity contribution in [3.05, 3.63) is 41.6 Å². The van der Waals surface area contributed by atoms with E-state index in [1.54, 1.807) is 10.7 Å². The molecule has 80 valence electrons. The maximum atomic E-state index is 8.84. The van der Waals surface area contributed by atoms with E-state index in [2.05, 4.69) is 11.2 Å². The van der Waals surface area contributed by atoms with Crippen molar-refractivity contribution >= 4 is 0 Å². The smallest absolute Gasteiger partial charge is 0.0991 e. The average molecular weight is 212 g/mol. The minimum Gasteiger partial charge on any atom is -0.326 e. The van der Waals surface area contributed by atoms with Crippen LogP contribution >= 0.6 is 0 Å². The molecule has 0 spiro atoms. The lowest BCUT2D eigenvalue weighted by atomic mass is 10.1. The minimum absolute atomic E-state index is 0.444. The summed E-state index contributed by atoms with van der Waals surface area (Å²) in [5, 5.41) is 13.2. The first-order valence-electron chi connectivity index (χ1n) is 4.97. The molecule has 0 aliphatic rings. The van der Waals surface area contributed by atoms with Crippen LogP contribution in [0, 0.1) is 11.3 Å². The van der Waals surface area contributed by atoms with E-state index in [0.29, 0.717) is 12.1 Å². The van der Waals surface area contributed by atoms with Crippen LogP contribution in [0.2, 0.25) is 0 Å². The monoisotopic (exact) mass is 212 g/mol. The summed E-state index contributed by atoms with van der Waals surface area (Å²) in [6.45, 7) is 0.444. The zero-order valence-corrected chi connectivity index (χ0v) is 9.01. The van der Waals surface area contributed by atoms with Gasteiger partial charge in [0.15, 0.2) is 0 Å². The summed E-state index contributed by atoms with van der Waals surface area (Å²) in [6.07, 6.45) is 1.90. The maximum Gasteiger partial charge on any atom is 0.0991 e. The summed E-state index contributed by atoms with van der Waals surface area (Å²) in [4.78, 5) is 0. The molecule has 4 nitrogen and oxygen atoms in total. The third-order valence-corrected chi connectivity index (χ3v) is 2.39. The van der Waals surface area contributed by atoms with Gasteiger partial charge in [-0.25, -0.2) is 0 Å². The number of hydrogen-bond donors (Lipinski definition) is 1. The van der Waals surface area contributed by atoms with Crippen LogP contribution < -0.4 is 5.73 Å². The van der Waals surface area contributed by atoms with Crippen LogP contribution in [0.25, 0.3) is 11.3 Å². The van der Waals surface area contributed by atoms with Gasteiger partial charge in [0.05, 0.1) is 17.3 Å². The molecule has 0 amide bonds. The Morgan fingerprint density at radius 1 is 1.50 bits per heavy atom. The second kappa shape index (κ2) is 4.17. The molecule has 2 N–H and O–H groups in total. The highest BCUT2D eigenvalue weighted by atomic mass is 15.3. The fraction of sp³-hybridized carbons (Fsp3) is 0.167. The van der Waals surface area contributed by atoms with E-state index in [9.17, 15) is 0 Å². The zero-order valence-electron chi connectivity index (χ0n) is 9.01. The van der Waals surface area contributed by atoms with Crippen molar-refractivity contribution < 1.29 is 0 Å². The molecule has 0 radical (unpaired) electrons. The maximum absolute atomic E-state index is 8.84. The number of benzene rings is 1.